The van der Waals surface area contributed by atoms with E-state index in [1.165, 1.54) is 0 Å². The molecule has 2 N–H and O–H groups in total. The molecule has 1 heterocycles. The molecule has 0 aromatic carbocycles. The Labute approximate surface area is 136 Å². The summed E-state index contributed by atoms with van der Waals surface area (Å²) >= 11 is 0. The van der Waals surface area contributed by atoms with Crippen molar-refractivity contribution in [1.82, 2.24) is 10.3 Å². The Bertz CT molecular complexity index is 589. The first-order chi connectivity index (χ1) is 11.3. The Hall–Kier alpha value is -2.32. The molecule has 1 aromatic heterocycles. The predicted molar refractivity (Wildman–Crippen MR) is 76.2 cm³/mol. The fraction of sp³-hybridized carbons (Fsp3) is 0.533. The minimum Gasteiger partial charge on any atom is -0.481 e. The van der Waals surface area contributed by atoms with Crippen molar-refractivity contribution in [3.8, 4) is 5.88 Å². The van der Waals surface area contributed by atoms with Gasteiger partial charge in [0.15, 0.2) is 0 Å². The number of aromatic nitrogens is 1. The molecule has 1 aliphatic rings. The van der Waals surface area contributed by atoms with Crippen LogP contribution in [0.1, 0.15) is 24.8 Å². The molecule has 2 atom stereocenters. The molecule has 0 bridgehead atoms. The van der Waals surface area contributed by atoms with Gasteiger partial charge in [0.25, 0.3) is 0 Å². The number of rotatable bonds is 6. The van der Waals surface area contributed by atoms with Crippen molar-refractivity contribution < 1.29 is 32.6 Å². The molecule has 1 amide bonds. The molecule has 0 spiro atoms. The molecule has 0 aliphatic heterocycles. The molecule has 24 heavy (non-hydrogen) atoms. The summed E-state index contributed by atoms with van der Waals surface area (Å²) in [5.41, 5.74) is -0.864. The van der Waals surface area contributed by atoms with Crippen LogP contribution in [0.4, 0.5) is 13.2 Å². The van der Waals surface area contributed by atoms with Crippen molar-refractivity contribution in [3.05, 3.63) is 23.9 Å². The Morgan fingerprint density at radius 3 is 2.54 bits per heavy atom. The third kappa shape index (κ3) is 4.84. The second-order valence-corrected chi connectivity index (χ2v) is 5.57. The number of nitrogens with one attached hydrogen (secondary N) is 1. The highest BCUT2D eigenvalue weighted by Gasteiger charge is 2.33. The van der Waals surface area contributed by atoms with E-state index in [-0.39, 0.29) is 30.9 Å². The van der Waals surface area contributed by atoms with Gasteiger partial charge in [0.05, 0.1) is 18.0 Å². The van der Waals surface area contributed by atoms with Gasteiger partial charge in [-0.05, 0) is 25.3 Å². The van der Waals surface area contributed by atoms with Crippen LogP contribution in [0.3, 0.4) is 0 Å². The summed E-state index contributed by atoms with van der Waals surface area (Å²) in [7, 11) is 0. The zero-order valence-corrected chi connectivity index (χ0v) is 12.7. The SMILES string of the molecule is O=C(O)[C@@H]1CC[C@H](C(=O)NCCOc2ccc(C(F)(F)F)cn2)C1. The fourth-order valence-electron chi connectivity index (χ4n) is 2.55. The summed E-state index contributed by atoms with van der Waals surface area (Å²) in [4.78, 5) is 26.3. The smallest absolute Gasteiger partial charge is 0.417 e. The van der Waals surface area contributed by atoms with Gasteiger partial charge in [0.2, 0.25) is 11.8 Å². The number of hydrogen-bond acceptors (Lipinski definition) is 4. The lowest BCUT2D eigenvalue weighted by molar-refractivity contribution is -0.141. The number of carbonyl (C=O) groups excluding carboxylic acids is 1. The van der Waals surface area contributed by atoms with E-state index in [1.54, 1.807) is 0 Å². The summed E-state index contributed by atoms with van der Waals surface area (Å²) in [6.45, 7) is 0.217. The minimum atomic E-state index is -4.45. The molecular formula is C15H17F3N2O4. The molecule has 132 valence electrons. The number of alkyl halides is 3. The molecule has 0 saturated heterocycles. The predicted octanol–water partition coefficient (Wildman–Crippen LogP) is 2.10. The number of ether oxygens (including phenoxy) is 1. The van der Waals surface area contributed by atoms with Gasteiger partial charge in [-0.15, -0.1) is 0 Å². The third-order valence-corrected chi connectivity index (χ3v) is 3.87. The molecule has 1 fully saturated rings. The topological polar surface area (TPSA) is 88.5 Å². The van der Waals surface area contributed by atoms with Crippen molar-refractivity contribution in [1.29, 1.82) is 0 Å². The highest BCUT2D eigenvalue weighted by Crippen LogP contribution is 2.31. The first-order valence-corrected chi connectivity index (χ1v) is 7.44. The molecule has 1 aromatic rings. The van der Waals surface area contributed by atoms with Gasteiger partial charge in [-0.3, -0.25) is 9.59 Å². The van der Waals surface area contributed by atoms with E-state index >= 15 is 0 Å². The molecule has 0 unspecified atom stereocenters. The molecular weight excluding hydrogens is 329 g/mol. The standard InChI is InChI=1S/C15H17F3N2O4/c16-15(17,18)11-3-4-12(20-8-11)24-6-5-19-13(21)9-1-2-10(7-9)14(22)23/h3-4,8-10H,1-2,5-7H2,(H,19,21)(H,22,23)/t9-,10+/m0/s1. The Morgan fingerprint density at radius 1 is 1.29 bits per heavy atom. The highest BCUT2D eigenvalue weighted by atomic mass is 19.4. The van der Waals surface area contributed by atoms with E-state index in [1.807, 2.05) is 0 Å². The molecule has 0 radical (unpaired) electrons. The lowest BCUT2D eigenvalue weighted by atomic mass is 10.0. The van der Waals surface area contributed by atoms with Gasteiger partial charge in [-0.1, -0.05) is 0 Å². The first-order valence-electron chi connectivity index (χ1n) is 7.44. The number of nitrogens with zero attached hydrogens (tertiary/aromatic N) is 1. The number of amides is 1. The van der Waals surface area contributed by atoms with Crippen LogP contribution in [-0.4, -0.2) is 35.1 Å². The summed E-state index contributed by atoms with van der Waals surface area (Å²) in [5, 5.41) is 11.5. The van der Waals surface area contributed by atoms with Gasteiger partial charge in [-0.2, -0.15) is 13.2 Å². The quantitative estimate of drug-likeness (QED) is 0.770. The van der Waals surface area contributed by atoms with Gasteiger partial charge in [0.1, 0.15) is 6.61 Å². The van der Waals surface area contributed by atoms with Crippen LogP contribution in [0.2, 0.25) is 0 Å². The number of pyridine rings is 1. The lowest BCUT2D eigenvalue weighted by Gasteiger charge is -2.11. The Balaban J connectivity index is 1.69. The van der Waals surface area contributed by atoms with E-state index < -0.39 is 23.6 Å². The van der Waals surface area contributed by atoms with E-state index in [0.29, 0.717) is 25.5 Å². The van der Waals surface area contributed by atoms with Crippen molar-refractivity contribution in [2.45, 2.75) is 25.4 Å². The largest absolute Gasteiger partial charge is 0.481 e. The first kappa shape index (κ1) is 18.0. The fourth-order valence-corrected chi connectivity index (χ4v) is 2.55. The average Bonchev–Trinajstić information content (AvgIpc) is 3.01. The maximum absolute atomic E-state index is 12.4. The van der Waals surface area contributed by atoms with Gasteiger partial charge < -0.3 is 15.2 Å². The van der Waals surface area contributed by atoms with Crippen LogP contribution in [0.15, 0.2) is 18.3 Å². The summed E-state index contributed by atoms with van der Waals surface area (Å²) < 4.78 is 42.3. The highest BCUT2D eigenvalue weighted by molar-refractivity contribution is 5.80. The summed E-state index contributed by atoms with van der Waals surface area (Å²) in [6, 6.07) is 1.98. The van der Waals surface area contributed by atoms with Crippen LogP contribution in [-0.2, 0) is 15.8 Å². The molecule has 9 heteroatoms. The summed E-state index contributed by atoms with van der Waals surface area (Å²) in [5.74, 6) is -1.89. The van der Waals surface area contributed by atoms with E-state index in [0.717, 1.165) is 12.1 Å². The zero-order valence-electron chi connectivity index (χ0n) is 12.7. The van der Waals surface area contributed by atoms with Crippen LogP contribution < -0.4 is 10.1 Å². The molecule has 2 rings (SSSR count). The van der Waals surface area contributed by atoms with Crippen LogP contribution in [0.25, 0.3) is 0 Å². The van der Waals surface area contributed by atoms with Crippen molar-refractivity contribution in [2.24, 2.45) is 11.8 Å². The average molecular weight is 346 g/mol. The van der Waals surface area contributed by atoms with Crippen LogP contribution in [0, 0.1) is 11.8 Å². The zero-order chi connectivity index (χ0) is 17.7. The Kier molecular flexibility index (Phi) is 5.63. The van der Waals surface area contributed by atoms with Gasteiger partial charge in [-0.25, -0.2) is 4.98 Å². The van der Waals surface area contributed by atoms with Crippen molar-refractivity contribution in [3.63, 3.8) is 0 Å². The number of carboxylic acids is 1. The summed E-state index contributed by atoms with van der Waals surface area (Å²) in [6.07, 6.45) is -2.43. The Morgan fingerprint density at radius 2 is 2.00 bits per heavy atom. The van der Waals surface area contributed by atoms with Crippen LogP contribution in [0.5, 0.6) is 5.88 Å². The number of halogens is 3. The maximum Gasteiger partial charge on any atom is 0.417 e. The molecule has 1 saturated carbocycles. The number of aliphatic carboxylic acids is 1. The second-order valence-electron chi connectivity index (χ2n) is 5.57. The number of hydrogen-bond donors (Lipinski definition) is 2. The monoisotopic (exact) mass is 346 g/mol. The van der Waals surface area contributed by atoms with E-state index in [4.69, 9.17) is 9.84 Å². The van der Waals surface area contributed by atoms with Crippen molar-refractivity contribution in [2.75, 3.05) is 13.2 Å². The van der Waals surface area contributed by atoms with E-state index in [2.05, 4.69) is 10.3 Å². The minimum absolute atomic E-state index is 0.0315. The maximum atomic E-state index is 12.4. The van der Waals surface area contributed by atoms with E-state index in [9.17, 15) is 22.8 Å². The third-order valence-electron chi connectivity index (χ3n) is 3.87. The second kappa shape index (κ2) is 7.50. The normalized spacial score (nSPS) is 20.6. The molecule has 6 nitrogen and oxygen atoms in total. The van der Waals surface area contributed by atoms with Crippen LogP contribution >= 0.6 is 0 Å². The van der Waals surface area contributed by atoms with Gasteiger partial charge in [0, 0.05) is 18.2 Å². The number of carboxylic acid groups (broad SMARTS) is 1. The van der Waals surface area contributed by atoms with Gasteiger partial charge >= 0.3 is 12.1 Å². The molecule has 1 aliphatic carbocycles. The lowest BCUT2D eigenvalue weighted by Crippen LogP contribution is -2.33. The van der Waals surface area contributed by atoms with Crippen molar-refractivity contribution >= 4 is 11.9 Å². The number of carbonyl (C=O) groups is 2.